The predicted octanol–water partition coefficient (Wildman–Crippen LogP) is 3.22. The third kappa shape index (κ3) is 2.53. The molecule has 21 heavy (non-hydrogen) atoms. The minimum Gasteiger partial charge on any atom is -0.392 e. The number of hydrogen-bond donors (Lipinski definition) is 3. The van der Waals surface area contributed by atoms with Crippen LogP contribution in [0.2, 0.25) is 0 Å². The van der Waals surface area contributed by atoms with E-state index in [0.717, 1.165) is 22.2 Å². The fourth-order valence-corrected chi connectivity index (χ4v) is 2.51. The number of carbonyl (C=O) groups excluding carboxylic acids is 1. The molecular formula is C17H16N2O2. The van der Waals surface area contributed by atoms with Crippen molar-refractivity contribution >= 4 is 22.5 Å². The van der Waals surface area contributed by atoms with Gasteiger partial charge in [-0.25, -0.2) is 0 Å². The Kier molecular flexibility index (Phi) is 3.46. The number of aromatic amines is 1. The van der Waals surface area contributed by atoms with E-state index < -0.39 is 0 Å². The van der Waals surface area contributed by atoms with Crippen molar-refractivity contribution in [3.05, 3.63) is 65.4 Å². The van der Waals surface area contributed by atoms with Gasteiger partial charge >= 0.3 is 0 Å². The van der Waals surface area contributed by atoms with E-state index in [-0.39, 0.29) is 12.5 Å². The number of para-hydroxylation sites is 1. The number of H-pyrrole nitrogens is 1. The molecule has 0 aliphatic heterocycles. The lowest BCUT2D eigenvalue weighted by atomic mass is 10.1. The van der Waals surface area contributed by atoms with Crippen molar-refractivity contribution in [2.45, 2.75) is 13.5 Å². The average molecular weight is 280 g/mol. The molecule has 3 aromatic rings. The van der Waals surface area contributed by atoms with Crippen LogP contribution < -0.4 is 5.32 Å². The van der Waals surface area contributed by atoms with Crippen molar-refractivity contribution < 1.29 is 9.90 Å². The van der Waals surface area contributed by atoms with Gasteiger partial charge in [-0.2, -0.15) is 0 Å². The van der Waals surface area contributed by atoms with Gasteiger partial charge in [0, 0.05) is 22.3 Å². The molecule has 4 nitrogen and oxygen atoms in total. The van der Waals surface area contributed by atoms with Gasteiger partial charge in [0.2, 0.25) is 0 Å². The minimum atomic E-state index is -0.153. The van der Waals surface area contributed by atoms with E-state index in [2.05, 4.69) is 10.3 Å². The van der Waals surface area contributed by atoms with Gasteiger partial charge in [-0.1, -0.05) is 30.3 Å². The fourth-order valence-electron chi connectivity index (χ4n) is 2.51. The van der Waals surface area contributed by atoms with Crippen molar-refractivity contribution in [3.8, 4) is 0 Å². The molecule has 1 amide bonds. The number of fused-ring (bicyclic) bond motifs is 1. The molecule has 0 radical (unpaired) electrons. The predicted molar refractivity (Wildman–Crippen MR) is 83.4 cm³/mol. The Morgan fingerprint density at radius 3 is 2.81 bits per heavy atom. The summed E-state index contributed by atoms with van der Waals surface area (Å²) in [7, 11) is 0. The number of nitrogens with one attached hydrogen (secondary N) is 2. The van der Waals surface area contributed by atoms with Gasteiger partial charge in [0.05, 0.1) is 12.2 Å². The molecule has 0 spiro atoms. The molecule has 0 aliphatic carbocycles. The van der Waals surface area contributed by atoms with E-state index in [1.807, 2.05) is 43.3 Å². The monoisotopic (exact) mass is 280 g/mol. The number of aliphatic hydroxyl groups is 1. The number of anilines is 1. The topological polar surface area (TPSA) is 65.1 Å². The van der Waals surface area contributed by atoms with E-state index in [9.17, 15) is 4.79 Å². The summed E-state index contributed by atoms with van der Waals surface area (Å²) in [5.74, 6) is -0.153. The number of amides is 1. The van der Waals surface area contributed by atoms with Gasteiger partial charge in [0.1, 0.15) is 0 Å². The van der Waals surface area contributed by atoms with Gasteiger partial charge < -0.3 is 15.4 Å². The summed E-state index contributed by atoms with van der Waals surface area (Å²) in [5.41, 5.74) is 3.89. The molecule has 1 aromatic heterocycles. The zero-order chi connectivity index (χ0) is 14.8. The molecule has 0 aliphatic rings. The lowest BCUT2D eigenvalue weighted by molar-refractivity contribution is 0.102. The molecule has 2 aromatic carbocycles. The molecule has 0 saturated heterocycles. The maximum absolute atomic E-state index is 12.5. The Balaban J connectivity index is 1.95. The lowest BCUT2D eigenvalue weighted by Crippen LogP contribution is -2.12. The maximum atomic E-state index is 12.5. The zero-order valence-corrected chi connectivity index (χ0v) is 11.7. The molecule has 3 N–H and O–H groups in total. The van der Waals surface area contributed by atoms with Crippen LogP contribution in [0.25, 0.3) is 10.9 Å². The Morgan fingerprint density at radius 2 is 2.00 bits per heavy atom. The molecule has 4 heteroatoms. The maximum Gasteiger partial charge on any atom is 0.258 e. The Hall–Kier alpha value is -2.59. The number of hydrogen-bond acceptors (Lipinski definition) is 2. The van der Waals surface area contributed by atoms with E-state index >= 15 is 0 Å². The third-order valence-corrected chi connectivity index (χ3v) is 3.49. The molecule has 1 heterocycles. The molecule has 106 valence electrons. The second-order valence-corrected chi connectivity index (χ2v) is 4.98. The lowest BCUT2D eigenvalue weighted by Gasteiger charge is -2.07. The van der Waals surface area contributed by atoms with Gasteiger partial charge in [-0.05, 0) is 30.7 Å². The van der Waals surface area contributed by atoms with Crippen LogP contribution in [0, 0.1) is 6.92 Å². The summed E-state index contributed by atoms with van der Waals surface area (Å²) in [6, 6.07) is 14.9. The highest BCUT2D eigenvalue weighted by molar-refractivity contribution is 6.13. The fraction of sp³-hybridized carbons (Fsp3) is 0.118. The highest BCUT2D eigenvalue weighted by Crippen LogP contribution is 2.23. The molecular weight excluding hydrogens is 264 g/mol. The van der Waals surface area contributed by atoms with E-state index in [1.54, 1.807) is 12.1 Å². The number of aromatic nitrogens is 1. The first-order valence-electron chi connectivity index (χ1n) is 6.77. The summed E-state index contributed by atoms with van der Waals surface area (Å²) in [4.78, 5) is 15.7. The van der Waals surface area contributed by atoms with E-state index in [4.69, 9.17) is 5.11 Å². The van der Waals surface area contributed by atoms with Gasteiger partial charge in [-0.3, -0.25) is 4.79 Å². The normalized spacial score (nSPS) is 10.8. The quantitative estimate of drug-likeness (QED) is 0.689. The summed E-state index contributed by atoms with van der Waals surface area (Å²) >= 11 is 0. The molecule has 0 atom stereocenters. The van der Waals surface area contributed by atoms with Crippen LogP contribution in [0.4, 0.5) is 5.69 Å². The van der Waals surface area contributed by atoms with Crippen LogP contribution in [-0.4, -0.2) is 16.0 Å². The third-order valence-electron chi connectivity index (χ3n) is 3.49. The molecule has 3 rings (SSSR count). The summed E-state index contributed by atoms with van der Waals surface area (Å²) in [6.45, 7) is 1.84. The first-order chi connectivity index (χ1) is 10.2. The highest BCUT2D eigenvalue weighted by atomic mass is 16.3. The zero-order valence-electron chi connectivity index (χ0n) is 11.7. The first-order valence-corrected chi connectivity index (χ1v) is 6.77. The van der Waals surface area contributed by atoms with Crippen molar-refractivity contribution in [1.82, 2.24) is 4.98 Å². The molecule has 0 bridgehead atoms. The van der Waals surface area contributed by atoms with Crippen LogP contribution >= 0.6 is 0 Å². The Labute approximate surface area is 122 Å². The smallest absolute Gasteiger partial charge is 0.258 e. The minimum absolute atomic E-state index is 0.0458. The number of carbonyl (C=O) groups is 1. The summed E-state index contributed by atoms with van der Waals surface area (Å²) in [5, 5.41) is 12.9. The number of aryl methyl sites for hydroxylation is 1. The molecule has 0 saturated carbocycles. The molecule has 0 fully saturated rings. The average Bonchev–Trinajstić information content (AvgIpc) is 2.83. The van der Waals surface area contributed by atoms with Crippen LogP contribution in [-0.2, 0) is 6.61 Å². The Bertz CT molecular complexity index is 805. The van der Waals surface area contributed by atoms with Crippen LogP contribution in [0.15, 0.2) is 48.5 Å². The van der Waals surface area contributed by atoms with Crippen molar-refractivity contribution in [1.29, 1.82) is 0 Å². The standard InChI is InChI=1S/C17H16N2O2/c1-11-16(14-7-2-3-8-15(14)18-11)17(21)19-13-6-4-5-12(9-13)10-20/h2-9,18,20H,10H2,1H3,(H,19,21). The van der Waals surface area contributed by atoms with E-state index in [1.165, 1.54) is 0 Å². The SMILES string of the molecule is Cc1[nH]c2ccccc2c1C(=O)Nc1cccc(CO)c1. The van der Waals surface area contributed by atoms with Crippen molar-refractivity contribution in [2.24, 2.45) is 0 Å². The summed E-state index contributed by atoms with van der Waals surface area (Å²) < 4.78 is 0. The van der Waals surface area contributed by atoms with E-state index in [0.29, 0.717) is 11.3 Å². The van der Waals surface area contributed by atoms with Crippen LogP contribution in [0.5, 0.6) is 0 Å². The van der Waals surface area contributed by atoms with Gasteiger partial charge in [-0.15, -0.1) is 0 Å². The first kappa shape index (κ1) is 13.4. The van der Waals surface area contributed by atoms with Crippen LogP contribution in [0.1, 0.15) is 21.6 Å². The summed E-state index contributed by atoms with van der Waals surface area (Å²) in [6.07, 6.45) is 0. The van der Waals surface area contributed by atoms with Crippen molar-refractivity contribution in [3.63, 3.8) is 0 Å². The number of aliphatic hydroxyl groups excluding tert-OH is 1. The Morgan fingerprint density at radius 1 is 1.19 bits per heavy atom. The van der Waals surface area contributed by atoms with Crippen molar-refractivity contribution in [2.75, 3.05) is 5.32 Å². The van der Waals surface area contributed by atoms with Gasteiger partial charge in [0.25, 0.3) is 5.91 Å². The van der Waals surface area contributed by atoms with Crippen LogP contribution in [0.3, 0.4) is 0 Å². The largest absolute Gasteiger partial charge is 0.392 e. The number of rotatable bonds is 3. The second kappa shape index (κ2) is 5.42. The highest BCUT2D eigenvalue weighted by Gasteiger charge is 2.15. The second-order valence-electron chi connectivity index (χ2n) is 4.98. The van der Waals surface area contributed by atoms with Gasteiger partial charge in [0.15, 0.2) is 0 Å². The number of benzene rings is 2. The molecule has 0 unspecified atom stereocenters.